The fourth-order valence-electron chi connectivity index (χ4n) is 1.28. The highest BCUT2D eigenvalue weighted by Crippen LogP contribution is 2.18. The van der Waals surface area contributed by atoms with E-state index in [1.807, 2.05) is 0 Å². The minimum atomic E-state index is -0.456. The van der Waals surface area contributed by atoms with Crippen LogP contribution in [0.5, 0.6) is 0 Å². The van der Waals surface area contributed by atoms with Gasteiger partial charge < -0.3 is 10.2 Å². The van der Waals surface area contributed by atoms with Gasteiger partial charge in [-0.1, -0.05) is 0 Å². The first-order valence-corrected chi connectivity index (χ1v) is 4.00. The molecule has 0 unspecified atom stereocenters. The first-order chi connectivity index (χ1) is 6.20. The summed E-state index contributed by atoms with van der Waals surface area (Å²) in [6.45, 7) is -0.351. The van der Waals surface area contributed by atoms with Gasteiger partial charge in [0.15, 0.2) is 0 Å². The zero-order valence-electron chi connectivity index (χ0n) is 7.04. The van der Waals surface area contributed by atoms with Crippen LogP contribution >= 0.6 is 0 Å². The van der Waals surface area contributed by atoms with Crippen LogP contribution in [0.2, 0.25) is 0 Å². The quantitative estimate of drug-likeness (QED) is 0.475. The van der Waals surface area contributed by atoms with Crippen LogP contribution in [0, 0.1) is 0 Å². The molecule has 0 saturated carbocycles. The molecule has 5 heteroatoms. The molecule has 0 saturated heterocycles. The molecular formula is C8H11NO4. The van der Waals surface area contributed by atoms with E-state index in [-0.39, 0.29) is 26.1 Å². The molecule has 0 bridgehead atoms. The number of carbonyl (C=O) groups excluding carboxylic acids is 2. The topological polar surface area (TPSA) is 86.6 Å². The molecule has 3 N–H and O–H groups in total. The standard InChI is InChI=1S/C8H11NO4/c10-3-1-5-6(2-4-11)8(13)9-7(5)12/h10-11H,1-4H2,(H,9,12,13). The molecule has 5 nitrogen and oxygen atoms in total. The second-order valence-electron chi connectivity index (χ2n) is 2.69. The van der Waals surface area contributed by atoms with E-state index in [0.717, 1.165) is 0 Å². The SMILES string of the molecule is O=C1NC(=O)C(CCO)=C1CCO. The fourth-order valence-corrected chi connectivity index (χ4v) is 1.28. The normalized spacial score (nSPS) is 16.8. The molecule has 0 aliphatic carbocycles. The molecule has 0 aromatic heterocycles. The van der Waals surface area contributed by atoms with Crippen LogP contribution in [-0.2, 0) is 9.59 Å². The number of amides is 2. The Kier molecular flexibility index (Phi) is 3.16. The highest BCUT2D eigenvalue weighted by atomic mass is 16.3. The number of rotatable bonds is 4. The molecule has 0 aromatic carbocycles. The van der Waals surface area contributed by atoms with Gasteiger partial charge in [-0.3, -0.25) is 14.9 Å². The van der Waals surface area contributed by atoms with Crippen molar-refractivity contribution in [1.82, 2.24) is 5.32 Å². The molecule has 0 radical (unpaired) electrons. The second-order valence-corrected chi connectivity index (χ2v) is 2.69. The molecule has 1 heterocycles. The number of hydrogen-bond acceptors (Lipinski definition) is 4. The molecule has 0 spiro atoms. The lowest BCUT2D eigenvalue weighted by Crippen LogP contribution is -2.23. The molecule has 1 aliphatic rings. The predicted molar refractivity (Wildman–Crippen MR) is 43.6 cm³/mol. The van der Waals surface area contributed by atoms with E-state index in [0.29, 0.717) is 11.1 Å². The number of hydrogen-bond donors (Lipinski definition) is 3. The Labute approximate surface area is 75.1 Å². The van der Waals surface area contributed by atoms with E-state index >= 15 is 0 Å². The van der Waals surface area contributed by atoms with Gasteiger partial charge in [0.2, 0.25) is 0 Å². The van der Waals surface area contributed by atoms with Crippen molar-refractivity contribution in [2.24, 2.45) is 0 Å². The van der Waals surface area contributed by atoms with Crippen molar-refractivity contribution >= 4 is 11.8 Å². The summed E-state index contributed by atoms with van der Waals surface area (Å²) in [7, 11) is 0. The van der Waals surface area contributed by atoms with Gasteiger partial charge >= 0.3 is 0 Å². The summed E-state index contributed by atoms with van der Waals surface area (Å²) >= 11 is 0. The average molecular weight is 185 g/mol. The van der Waals surface area contributed by atoms with Gasteiger partial charge in [0.25, 0.3) is 11.8 Å². The van der Waals surface area contributed by atoms with E-state index in [9.17, 15) is 9.59 Å². The minimum absolute atomic E-state index is 0.160. The van der Waals surface area contributed by atoms with Crippen LogP contribution in [0.3, 0.4) is 0 Å². The molecule has 0 aromatic rings. The Bertz CT molecular complexity index is 243. The first-order valence-electron chi connectivity index (χ1n) is 4.00. The van der Waals surface area contributed by atoms with Gasteiger partial charge in [-0.25, -0.2) is 0 Å². The third-order valence-electron chi connectivity index (χ3n) is 1.86. The molecule has 13 heavy (non-hydrogen) atoms. The van der Waals surface area contributed by atoms with Gasteiger partial charge in [-0.05, 0) is 0 Å². The minimum Gasteiger partial charge on any atom is -0.396 e. The fraction of sp³-hybridized carbons (Fsp3) is 0.500. The van der Waals surface area contributed by atoms with Crippen LogP contribution in [0.15, 0.2) is 11.1 Å². The van der Waals surface area contributed by atoms with Crippen LogP contribution < -0.4 is 5.32 Å². The van der Waals surface area contributed by atoms with Crippen molar-refractivity contribution in [3.63, 3.8) is 0 Å². The van der Waals surface area contributed by atoms with E-state index in [1.165, 1.54) is 0 Å². The highest BCUT2D eigenvalue weighted by Gasteiger charge is 2.28. The van der Waals surface area contributed by atoms with Crippen molar-refractivity contribution in [2.45, 2.75) is 12.8 Å². The lowest BCUT2D eigenvalue weighted by Gasteiger charge is -1.98. The summed E-state index contributed by atoms with van der Waals surface area (Å²) in [4.78, 5) is 22.2. The lowest BCUT2D eigenvalue weighted by atomic mass is 10.1. The van der Waals surface area contributed by atoms with Gasteiger partial charge in [-0.15, -0.1) is 0 Å². The number of carbonyl (C=O) groups is 2. The molecular weight excluding hydrogens is 174 g/mol. The van der Waals surface area contributed by atoms with Gasteiger partial charge in [-0.2, -0.15) is 0 Å². The van der Waals surface area contributed by atoms with Gasteiger partial charge in [0.1, 0.15) is 0 Å². The summed E-state index contributed by atoms with van der Waals surface area (Å²) in [6, 6.07) is 0. The van der Waals surface area contributed by atoms with Crippen molar-refractivity contribution in [3.05, 3.63) is 11.1 Å². The summed E-state index contributed by atoms with van der Waals surface area (Å²) in [5, 5.41) is 19.4. The number of nitrogens with one attached hydrogen (secondary N) is 1. The maximum Gasteiger partial charge on any atom is 0.254 e. The van der Waals surface area contributed by atoms with Crippen molar-refractivity contribution in [1.29, 1.82) is 0 Å². The molecule has 1 rings (SSSR count). The Hall–Kier alpha value is -1.20. The maximum atomic E-state index is 11.1. The average Bonchev–Trinajstić information content (AvgIpc) is 2.33. The Morgan fingerprint density at radius 1 is 0.923 bits per heavy atom. The summed E-state index contributed by atoms with van der Waals surface area (Å²) in [5.41, 5.74) is 0.586. The maximum absolute atomic E-state index is 11.1. The van der Waals surface area contributed by atoms with Crippen molar-refractivity contribution in [2.75, 3.05) is 13.2 Å². The van der Waals surface area contributed by atoms with E-state index in [2.05, 4.69) is 5.32 Å². The Balaban J connectivity index is 2.88. The molecule has 72 valence electrons. The van der Waals surface area contributed by atoms with Crippen LogP contribution in [0.25, 0.3) is 0 Å². The second kappa shape index (κ2) is 4.15. The largest absolute Gasteiger partial charge is 0.396 e. The highest BCUT2D eigenvalue weighted by molar-refractivity contribution is 6.19. The monoisotopic (exact) mass is 185 g/mol. The summed E-state index contributed by atoms with van der Waals surface area (Å²) in [6.07, 6.45) is 0.319. The lowest BCUT2D eigenvalue weighted by molar-refractivity contribution is -0.124. The summed E-state index contributed by atoms with van der Waals surface area (Å²) in [5.74, 6) is -0.912. The Morgan fingerprint density at radius 2 is 1.31 bits per heavy atom. The van der Waals surface area contributed by atoms with E-state index < -0.39 is 11.8 Å². The van der Waals surface area contributed by atoms with Crippen LogP contribution in [-0.4, -0.2) is 35.2 Å². The molecule has 2 amide bonds. The third kappa shape index (κ3) is 1.93. The first kappa shape index (κ1) is 9.88. The molecule has 1 aliphatic heterocycles. The van der Waals surface area contributed by atoms with Gasteiger partial charge in [0, 0.05) is 37.2 Å². The van der Waals surface area contributed by atoms with Crippen LogP contribution in [0.4, 0.5) is 0 Å². The summed E-state index contributed by atoms with van der Waals surface area (Å²) < 4.78 is 0. The smallest absolute Gasteiger partial charge is 0.254 e. The zero-order chi connectivity index (χ0) is 9.84. The van der Waals surface area contributed by atoms with E-state index in [4.69, 9.17) is 10.2 Å². The predicted octanol–water partition coefficient (Wildman–Crippen LogP) is -1.30. The Morgan fingerprint density at radius 3 is 1.62 bits per heavy atom. The number of imide groups is 1. The van der Waals surface area contributed by atoms with Gasteiger partial charge in [0.05, 0.1) is 0 Å². The van der Waals surface area contributed by atoms with Crippen molar-refractivity contribution < 1.29 is 19.8 Å². The number of aliphatic hydroxyl groups is 2. The van der Waals surface area contributed by atoms with Crippen molar-refractivity contribution in [3.8, 4) is 0 Å². The molecule has 0 fully saturated rings. The third-order valence-corrected chi connectivity index (χ3v) is 1.86. The molecule has 0 atom stereocenters. The van der Waals surface area contributed by atoms with Crippen LogP contribution in [0.1, 0.15) is 12.8 Å². The van der Waals surface area contributed by atoms with E-state index in [1.54, 1.807) is 0 Å². The number of aliphatic hydroxyl groups excluding tert-OH is 2. The zero-order valence-corrected chi connectivity index (χ0v) is 7.04.